The molecule has 1 aliphatic heterocycles. The van der Waals surface area contributed by atoms with Crippen molar-refractivity contribution in [3.05, 3.63) is 50.2 Å². The van der Waals surface area contributed by atoms with Gasteiger partial charge >= 0.3 is 0 Å². The lowest BCUT2D eigenvalue weighted by Crippen LogP contribution is -2.37. The number of aromatic nitrogens is 2. The summed E-state index contributed by atoms with van der Waals surface area (Å²) in [6, 6.07) is 5.36. The highest BCUT2D eigenvalue weighted by Gasteiger charge is 2.16. The average Bonchev–Trinajstić information content (AvgIpc) is 3.26. The van der Waals surface area contributed by atoms with Crippen molar-refractivity contribution in [3.63, 3.8) is 0 Å². The zero-order valence-corrected chi connectivity index (χ0v) is 18.3. The summed E-state index contributed by atoms with van der Waals surface area (Å²) in [7, 11) is 0. The minimum Gasteiger partial charge on any atom is -0.376 e. The van der Waals surface area contributed by atoms with E-state index >= 15 is 0 Å². The van der Waals surface area contributed by atoms with Crippen LogP contribution in [0.15, 0.2) is 23.3 Å². The van der Waals surface area contributed by atoms with Gasteiger partial charge in [0.2, 0.25) is 0 Å². The second-order valence-corrected chi connectivity index (χ2v) is 7.94. The van der Waals surface area contributed by atoms with Gasteiger partial charge in [-0.15, -0.1) is 0 Å². The minimum atomic E-state index is 0.204. The molecule has 10 heteroatoms. The fourth-order valence-corrected chi connectivity index (χ4v) is 3.79. The predicted molar refractivity (Wildman–Crippen MR) is 118 cm³/mol. The second-order valence-electron chi connectivity index (χ2n) is 6.36. The summed E-state index contributed by atoms with van der Waals surface area (Å²) in [6.07, 6.45) is 3.93. The van der Waals surface area contributed by atoms with Crippen LogP contribution in [0.2, 0.25) is 15.2 Å². The number of hydrogen-bond donors (Lipinski definition) is 2. The molecule has 3 rings (SSSR count). The van der Waals surface area contributed by atoms with Crippen LogP contribution in [-0.4, -0.2) is 40.4 Å². The topological polar surface area (TPSA) is 63.5 Å². The Labute approximate surface area is 184 Å². The smallest absolute Gasteiger partial charge is 0.187 e. The summed E-state index contributed by atoms with van der Waals surface area (Å²) < 4.78 is 7.18. The highest BCUT2D eigenvalue weighted by molar-refractivity contribution is 7.80. The molecule has 0 radical (unpaired) electrons. The summed E-state index contributed by atoms with van der Waals surface area (Å²) in [4.78, 5) is 0. The molecule has 2 aromatic rings. The molecule has 0 bridgehead atoms. The first-order valence-electron chi connectivity index (χ1n) is 8.80. The quantitative estimate of drug-likeness (QED) is 0.385. The molecule has 1 aromatic carbocycles. The van der Waals surface area contributed by atoms with Crippen molar-refractivity contribution < 1.29 is 4.74 Å². The van der Waals surface area contributed by atoms with Crippen molar-refractivity contribution in [2.75, 3.05) is 13.2 Å². The molecule has 0 saturated carbocycles. The van der Waals surface area contributed by atoms with E-state index in [0.29, 0.717) is 39.0 Å². The largest absolute Gasteiger partial charge is 0.376 e. The van der Waals surface area contributed by atoms with Gasteiger partial charge in [0.15, 0.2) is 5.11 Å². The van der Waals surface area contributed by atoms with Crippen LogP contribution in [0.3, 0.4) is 0 Å². The number of halogens is 3. The molecule has 6 nitrogen and oxygen atoms in total. The number of benzene rings is 1. The Morgan fingerprint density at radius 2 is 2.14 bits per heavy atom. The molecular formula is C18H20Cl3N5OS. The van der Waals surface area contributed by atoms with Crippen molar-refractivity contribution in [1.82, 2.24) is 20.5 Å². The Morgan fingerprint density at radius 1 is 1.39 bits per heavy atom. The summed E-state index contributed by atoms with van der Waals surface area (Å²) in [5.41, 5.74) is 4.97. The van der Waals surface area contributed by atoms with Gasteiger partial charge in [-0.05, 0) is 44.1 Å². The first-order valence-corrected chi connectivity index (χ1v) is 10.3. The molecule has 1 unspecified atom stereocenters. The van der Waals surface area contributed by atoms with Gasteiger partial charge in [0, 0.05) is 28.8 Å². The zero-order chi connectivity index (χ0) is 20.1. The lowest BCUT2D eigenvalue weighted by molar-refractivity contribution is 0.114. The highest BCUT2D eigenvalue weighted by atomic mass is 35.5. The molecule has 0 aliphatic carbocycles. The van der Waals surface area contributed by atoms with Gasteiger partial charge in [-0.3, -0.25) is 5.43 Å². The third kappa shape index (κ3) is 5.36. The Balaban J connectivity index is 1.61. The van der Waals surface area contributed by atoms with E-state index in [4.69, 9.17) is 51.8 Å². The van der Waals surface area contributed by atoms with Gasteiger partial charge in [0.05, 0.1) is 30.1 Å². The number of rotatable bonds is 6. The maximum Gasteiger partial charge on any atom is 0.187 e. The van der Waals surface area contributed by atoms with E-state index in [2.05, 4.69) is 20.9 Å². The van der Waals surface area contributed by atoms with E-state index in [1.807, 2.05) is 6.92 Å². The maximum absolute atomic E-state index is 6.48. The lowest BCUT2D eigenvalue weighted by Gasteiger charge is -2.11. The summed E-state index contributed by atoms with van der Waals surface area (Å²) >= 11 is 24.2. The van der Waals surface area contributed by atoms with Crippen molar-refractivity contribution in [3.8, 4) is 0 Å². The summed E-state index contributed by atoms with van der Waals surface area (Å²) in [5, 5.41) is 13.7. The zero-order valence-electron chi connectivity index (χ0n) is 15.2. The third-order valence-electron chi connectivity index (χ3n) is 4.35. The third-order valence-corrected chi connectivity index (χ3v) is 5.70. The molecule has 1 aromatic heterocycles. The summed E-state index contributed by atoms with van der Waals surface area (Å²) in [6.45, 7) is 3.69. The van der Waals surface area contributed by atoms with Crippen LogP contribution in [0.1, 0.15) is 29.7 Å². The van der Waals surface area contributed by atoms with Crippen molar-refractivity contribution in [2.45, 2.75) is 32.4 Å². The van der Waals surface area contributed by atoms with Crippen LogP contribution >= 0.6 is 47.0 Å². The monoisotopic (exact) mass is 459 g/mol. The predicted octanol–water partition coefficient (Wildman–Crippen LogP) is 4.18. The molecule has 150 valence electrons. The molecule has 28 heavy (non-hydrogen) atoms. The number of aryl methyl sites for hydroxylation is 1. The van der Waals surface area contributed by atoms with E-state index in [9.17, 15) is 0 Å². The van der Waals surface area contributed by atoms with Crippen LogP contribution in [0, 0.1) is 6.92 Å². The normalized spacial score (nSPS) is 16.6. The van der Waals surface area contributed by atoms with Gasteiger partial charge in [-0.2, -0.15) is 10.2 Å². The number of nitrogens with one attached hydrogen (secondary N) is 2. The lowest BCUT2D eigenvalue weighted by atomic mass is 10.2. The molecule has 0 amide bonds. The molecule has 2 heterocycles. The van der Waals surface area contributed by atoms with Gasteiger partial charge in [-0.1, -0.05) is 40.9 Å². The Morgan fingerprint density at radius 3 is 2.82 bits per heavy atom. The second kappa shape index (κ2) is 9.89. The van der Waals surface area contributed by atoms with Crippen LogP contribution in [0.25, 0.3) is 0 Å². The van der Waals surface area contributed by atoms with E-state index in [1.165, 1.54) is 0 Å². The first kappa shape index (κ1) is 21.3. The number of nitrogens with zero attached hydrogens (tertiary/aromatic N) is 3. The van der Waals surface area contributed by atoms with Crippen molar-refractivity contribution in [2.24, 2.45) is 5.10 Å². The molecule has 0 spiro atoms. The summed E-state index contributed by atoms with van der Waals surface area (Å²) in [5.74, 6) is 0. The number of ether oxygens (including phenoxy) is 1. The van der Waals surface area contributed by atoms with Crippen LogP contribution in [0.5, 0.6) is 0 Å². The van der Waals surface area contributed by atoms with Gasteiger partial charge in [0.1, 0.15) is 5.15 Å². The van der Waals surface area contributed by atoms with Crippen LogP contribution in [0.4, 0.5) is 0 Å². The standard InChI is InChI=1S/C18H20Cl3N5OS/c1-11-13(9-23-24-18(28)22-8-12-4-3-7-27-12)17(21)26(25-11)10-14-15(19)5-2-6-16(14)20/h2,5-6,9,12H,3-4,7-8,10H2,1H3,(H2,22,24,28). The van der Waals surface area contributed by atoms with E-state index in [-0.39, 0.29) is 6.10 Å². The fourth-order valence-electron chi connectivity index (χ4n) is 2.86. The van der Waals surface area contributed by atoms with Crippen molar-refractivity contribution >= 4 is 58.3 Å². The Kier molecular flexibility index (Phi) is 7.54. The molecule has 2 N–H and O–H groups in total. The minimum absolute atomic E-state index is 0.204. The van der Waals surface area contributed by atoms with E-state index < -0.39 is 0 Å². The number of hydrazone groups is 1. The first-order chi connectivity index (χ1) is 13.5. The molecule has 1 aliphatic rings. The molecule has 1 saturated heterocycles. The SMILES string of the molecule is Cc1nn(Cc2c(Cl)cccc2Cl)c(Cl)c1C=NNC(=S)NCC1CCCO1. The number of thiocarbonyl (C=S) groups is 1. The average molecular weight is 461 g/mol. The van der Waals surface area contributed by atoms with Crippen molar-refractivity contribution in [1.29, 1.82) is 0 Å². The molecule has 1 atom stereocenters. The molecular weight excluding hydrogens is 441 g/mol. The van der Waals surface area contributed by atoms with Gasteiger partial charge in [0.25, 0.3) is 0 Å². The molecule has 1 fully saturated rings. The number of hydrogen-bond acceptors (Lipinski definition) is 4. The Hall–Kier alpha value is -1.38. The van der Waals surface area contributed by atoms with Gasteiger partial charge < -0.3 is 10.1 Å². The van der Waals surface area contributed by atoms with E-state index in [1.54, 1.807) is 29.1 Å². The fraction of sp³-hybridized carbons (Fsp3) is 0.389. The highest BCUT2D eigenvalue weighted by Crippen LogP contribution is 2.27. The van der Waals surface area contributed by atoms with Crippen LogP contribution < -0.4 is 10.7 Å². The van der Waals surface area contributed by atoms with Gasteiger partial charge in [-0.25, -0.2) is 4.68 Å². The van der Waals surface area contributed by atoms with E-state index in [0.717, 1.165) is 30.7 Å². The Bertz CT molecular complexity index is 860. The maximum atomic E-state index is 6.48. The van der Waals surface area contributed by atoms with Crippen LogP contribution in [-0.2, 0) is 11.3 Å².